The molecule has 0 radical (unpaired) electrons. The lowest BCUT2D eigenvalue weighted by Gasteiger charge is -2.50. The van der Waals surface area contributed by atoms with Gasteiger partial charge in [0.2, 0.25) is 0 Å². The molecule has 1 aliphatic rings. The molecule has 0 bridgehead atoms. The standard InChI is InChI=1S/C39H50O6Si2/c1-38(2,3)46(29-20-12-8-13-21-29,30-22-14-9-15-23-30)43-28-33-34(40)35(41)36(37(42-7)44-33)45-47(39(4,5)6,31-24-16-10-17-25-31)32-26-18-11-19-27-32/h8-27,33-37,40-41H,28H2,1-7H3/t33-,34-,35+,36-,37+/m1/s1. The summed E-state index contributed by atoms with van der Waals surface area (Å²) >= 11 is 0. The maximum Gasteiger partial charge on any atom is 0.261 e. The van der Waals surface area contributed by atoms with Crippen molar-refractivity contribution >= 4 is 37.4 Å². The Hall–Kier alpha value is -2.93. The van der Waals surface area contributed by atoms with Crippen molar-refractivity contribution in [3.63, 3.8) is 0 Å². The molecule has 5 atom stereocenters. The molecule has 5 rings (SSSR count). The van der Waals surface area contributed by atoms with Crippen LogP contribution in [0.4, 0.5) is 0 Å². The van der Waals surface area contributed by atoms with Gasteiger partial charge in [0.15, 0.2) is 6.29 Å². The summed E-state index contributed by atoms with van der Waals surface area (Å²) in [5.74, 6) is 0. The molecule has 4 aromatic rings. The summed E-state index contributed by atoms with van der Waals surface area (Å²) in [6.07, 6.45) is -5.31. The Morgan fingerprint density at radius 3 is 1.28 bits per heavy atom. The minimum absolute atomic E-state index is 0.0668. The molecular weight excluding hydrogens is 621 g/mol. The van der Waals surface area contributed by atoms with E-state index in [0.717, 1.165) is 20.7 Å². The van der Waals surface area contributed by atoms with E-state index in [1.54, 1.807) is 7.11 Å². The molecule has 0 amide bonds. The molecule has 1 fully saturated rings. The van der Waals surface area contributed by atoms with Crippen molar-refractivity contribution < 1.29 is 28.5 Å². The van der Waals surface area contributed by atoms with Crippen LogP contribution < -0.4 is 20.7 Å². The van der Waals surface area contributed by atoms with Crippen molar-refractivity contribution in [1.82, 2.24) is 0 Å². The maximum atomic E-state index is 11.9. The van der Waals surface area contributed by atoms with Gasteiger partial charge in [-0.25, -0.2) is 0 Å². The fraction of sp³-hybridized carbons (Fsp3) is 0.385. The molecule has 6 nitrogen and oxygen atoms in total. The number of benzene rings is 4. The van der Waals surface area contributed by atoms with Crippen LogP contribution in [-0.2, 0) is 18.3 Å². The third-order valence-electron chi connectivity index (χ3n) is 9.49. The Bertz CT molecular complexity index is 1460. The van der Waals surface area contributed by atoms with Gasteiger partial charge in [-0.1, -0.05) is 163 Å². The van der Waals surface area contributed by atoms with E-state index >= 15 is 0 Å². The zero-order valence-corrected chi connectivity index (χ0v) is 30.7. The number of ether oxygens (including phenoxy) is 2. The maximum absolute atomic E-state index is 11.9. The zero-order chi connectivity index (χ0) is 33.9. The van der Waals surface area contributed by atoms with Gasteiger partial charge in [0, 0.05) is 7.11 Å². The van der Waals surface area contributed by atoms with E-state index in [1.165, 1.54) is 0 Å². The number of hydrogen-bond donors (Lipinski definition) is 2. The smallest absolute Gasteiger partial charge is 0.261 e. The van der Waals surface area contributed by atoms with E-state index < -0.39 is 47.3 Å². The molecule has 47 heavy (non-hydrogen) atoms. The number of aliphatic hydroxyl groups excluding tert-OH is 2. The first-order valence-corrected chi connectivity index (χ1v) is 20.3. The van der Waals surface area contributed by atoms with Crippen LogP contribution in [0.3, 0.4) is 0 Å². The summed E-state index contributed by atoms with van der Waals surface area (Å²) < 4.78 is 26.8. The molecule has 0 unspecified atom stereocenters. The summed E-state index contributed by atoms with van der Waals surface area (Å²) in [5.41, 5.74) is 0. The zero-order valence-electron chi connectivity index (χ0n) is 28.7. The third kappa shape index (κ3) is 6.71. The molecular formula is C39H50O6Si2. The van der Waals surface area contributed by atoms with E-state index in [4.69, 9.17) is 18.3 Å². The van der Waals surface area contributed by atoms with Crippen LogP contribution >= 0.6 is 0 Å². The van der Waals surface area contributed by atoms with Gasteiger partial charge in [-0.3, -0.25) is 0 Å². The Labute approximate surface area is 282 Å². The SMILES string of the molecule is CO[C@H]1O[C@H](CO[Si](c2ccccc2)(c2ccccc2)C(C)(C)C)[C@@H](O)[C@H](O)[C@H]1O[Si](c1ccccc1)(c1ccccc1)C(C)(C)C. The lowest BCUT2D eigenvalue weighted by Crippen LogP contribution is -2.72. The Balaban J connectivity index is 1.50. The highest BCUT2D eigenvalue weighted by atomic mass is 28.4. The first kappa shape index (κ1) is 35.4. The van der Waals surface area contributed by atoms with Gasteiger partial charge in [-0.15, -0.1) is 0 Å². The highest BCUT2D eigenvalue weighted by Gasteiger charge is 2.57. The number of rotatable bonds is 10. The minimum atomic E-state index is -3.11. The second-order valence-electron chi connectivity index (χ2n) is 14.5. The van der Waals surface area contributed by atoms with E-state index in [1.807, 2.05) is 72.8 Å². The molecule has 1 aliphatic heterocycles. The van der Waals surface area contributed by atoms with Gasteiger partial charge >= 0.3 is 0 Å². The third-order valence-corrected chi connectivity index (χ3v) is 19.5. The predicted octanol–water partition coefficient (Wildman–Crippen LogP) is 4.60. The minimum Gasteiger partial charge on any atom is -0.405 e. The van der Waals surface area contributed by atoms with Gasteiger partial charge in [-0.05, 0) is 30.8 Å². The summed E-state index contributed by atoms with van der Waals surface area (Å²) in [6.45, 7) is 13.2. The molecule has 1 saturated heterocycles. The summed E-state index contributed by atoms with van der Waals surface area (Å²) in [5, 5.41) is 27.4. The quantitative estimate of drug-likeness (QED) is 0.240. The molecule has 1 heterocycles. The second-order valence-corrected chi connectivity index (χ2v) is 23.0. The van der Waals surface area contributed by atoms with E-state index in [-0.39, 0.29) is 16.7 Å². The first-order valence-electron chi connectivity index (χ1n) is 16.4. The summed E-state index contributed by atoms with van der Waals surface area (Å²) in [6, 6.07) is 41.1. The fourth-order valence-corrected chi connectivity index (χ4v) is 16.5. The van der Waals surface area contributed by atoms with Gasteiger partial charge in [0.25, 0.3) is 16.6 Å². The fourth-order valence-electron chi connectivity index (χ4n) is 7.22. The molecule has 4 aromatic carbocycles. The predicted molar refractivity (Wildman–Crippen MR) is 194 cm³/mol. The summed E-state index contributed by atoms with van der Waals surface area (Å²) in [7, 11) is -4.48. The topological polar surface area (TPSA) is 77.4 Å². The molecule has 0 saturated carbocycles. The van der Waals surface area contributed by atoms with Gasteiger partial charge in [-0.2, -0.15) is 0 Å². The van der Waals surface area contributed by atoms with Crippen molar-refractivity contribution in [2.45, 2.75) is 82.3 Å². The molecule has 0 spiro atoms. The van der Waals surface area contributed by atoms with E-state index in [9.17, 15) is 10.2 Å². The molecule has 250 valence electrons. The number of hydrogen-bond acceptors (Lipinski definition) is 6. The molecule has 8 heteroatoms. The van der Waals surface area contributed by atoms with E-state index in [0.29, 0.717) is 0 Å². The Kier molecular flexibility index (Phi) is 10.7. The normalized spacial score (nSPS) is 22.6. The Morgan fingerprint density at radius 1 is 0.574 bits per heavy atom. The lowest BCUT2D eigenvalue weighted by atomic mass is 9.99. The Morgan fingerprint density at radius 2 is 0.936 bits per heavy atom. The van der Waals surface area contributed by atoms with Gasteiger partial charge < -0.3 is 28.5 Å². The highest BCUT2D eigenvalue weighted by molar-refractivity contribution is 7.00. The van der Waals surface area contributed by atoms with Crippen molar-refractivity contribution in [3.8, 4) is 0 Å². The van der Waals surface area contributed by atoms with Crippen LogP contribution in [0.25, 0.3) is 0 Å². The van der Waals surface area contributed by atoms with Crippen LogP contribution in [0.15, 0.2) is 121 Å². The lowest BCUT2D eigenvalue weighted by molar-refractivity contribution is -0.289. The summed E-state index contributed by atoms with van der Waals surface area (Å²) in [4.78, 5) is 0. The van der Waals surface area contributed by atoms with Crippen LogP contribution in [-0.4, -0.2) is 71.3 Å². The number of methoxy groups -OCH3 is 1. The van der Waals surface area contributed by atoms with Crippen molar-refractivity contribution in [1.29, 1.82) is 0 Å². The van der Waals surface area contributed by atoms with Crippen LogP contribution in [0.5, 0.6) is 0 Å². The van der Waals surface area contributed by atoms with Crippen molar-refractivity contribution in [2.75, 3.05) is 13.7 Å². The van der Waals surface area contributed by atoms with Crippen LogP contribution in [0.2, 0.25) is 10.1 Å². The number of aliphatic hydroxyl groups is 2. The van der Waals surface area contributed by atoms with Crippen LogP contribution in [0, 0.1) is 0 Å². The van der Waals surface area contributed by atoms with E-state index in [2.05, 4.69) is 90.1 Å². The van der Waals surface area contributed by atoms with Crippen LogP contribution in [0.1, 0.15) is 41.5 Å². The van der Waals surface area contributed by atoms with Crippen molar-refractivity contribution in [2.24, 2.45) is 0 Å². The molecule has 0 aliphatic carbocycles. The molecule has 2 N–H and O–H groups in total. The average molecular weight is 671 g/mol. The average Bonchev–Trinajstić information content (AvgIpc) is 3.07. The van der Waals surface area contributed by atoms with Gasteiger partial charge in [0.1, 0.15) is 24.4 Å². The molecule has 0 aromatic heterocycles. The second kappa shape index (κ2) is 14.3. The van der Waals surface area contributed by atoms with Gasteiger partial charge in [0.05, 0.1) is 6.61 Å². The monoisotopic (exact) mass is 670 g/mol. The first-order chi connectivity index (χ1) is 22.4. The highest BCUT2D eigenvalue weighted by Crippen LogP contribution is 2.41. The van der Waals surface area contributed by atoms with Crippen molar-refractivity contribution in [3.05, 3.63) is 121 Å². The largest absolute Gasteiger partial charge is 0.405 e.